The molecule has 0 aromatic heterocycles. The summed E-state index contributed by atoms with van der Waals surface area (Å²) in [6.07, 6.45) is 5.60. The Kier molecular flexibility index (Phi) is 11.2. The molecule has 0 aromatic carbocycles. The first-order valence-corrected chi connectivity index (χ1v) is 6.59. The summed E-state index contributed by atoms with van der Waals surface area (Å²) in [5.74, 6) is 0.674. The molecule has 0 radical (unpaired) electrons. The summed E-state index contributed by atoms with van der Waals surface area (Å²) in [6, 6.07) is 0.571. The van der Waals surface area contributed by atoms with Crippen molar-refractivity contribution in [2.24, 2.45) is 23.1 Å². The molecule has 0 spiro atoms. The van der Waals surface area contributed by atoms with Crippen molar-refractivity contribution in [1.29, 1.82) is 0 Å². The fourth-order valence-corrected chi connectivity index (χ4v) is 1.96. The Morgan fingerprint density at radius 1 is 0.875 bits per heavy atom. The predicted octanol–water partition coefficient (Wildman–Crippen LogP) is 0.407. The maximum Gasteiger partial charge on any atom is 0.00931 e. The van der Waals surface area contributed by atoms with Crippen molar-refractivity contribution in [2.75, 3.05) is 26.2 Å². The molecule has 0 aromatic rings. The van der Waals surface area contributed by atoms with Crippen LogP contribution in [-0.2, 0) is 0 Å². The quantitative estimate of drug-likeness (QED) is 0.387. The molecular formula is C12H30N4. The van der Waals surface area contributed by atoms with Crippen LogP contribution in [-0.4, -0.2) is 32.2 Å². The molecule has 0 saturated heterocycles. The van der Waals surface area contributed by atoms with E-state index in [1.165, 1.54) is 6.42 Å². The normalized spacial score (nSPS) is 15.0. The van der Waals surface area contributed by atoms with Crippen LogP contribution in [0.4, 0.5) is 0 Å². The third-order valence-corrected chi connectivity index (χ3v) is 3.06. The van der Waals surface area contributed by atoms with E-state index in [1.807, 2.05) is 0 Å². The zero-order chi connectivity index (χ0) is 12.2. The van der Waals surface area contributed by atoms with E-state index in [0.29, 0.717) is 12.0 Å². The summed E-state index contributed by atoms with van der Waals surface area (Å²) in [5.41, 5.74) is 16.6. The van der Waals surface area contributed by atoms with E-state index in [4.69, 9.17) is 17.2 Å². The van der Waals surface area contributed by atoms with E-state index in [-0.39, 0.29) is 0 Å². The maximum atomic E-state index is 5.56. The van der Waals surface area contributed by atoms with Crippen LogP contribution in [0.2, 0.25) is 0 Å². The average molecular weight is 230 g/mol. The highest BCUT2D eigenvalue weighted by Crippen LogP contribution is 2.14. The van der Waals surface area contributed by atoms with Gasteiger partial charge in [-0.3, -0.25) is 0 Å². The average Bonchev–Trinajstić information content (AvgIpc) is 2.30. The molecule has 98 valence electrons. The highest BCUT2D eigenvalue weighted by atomic mass is 14.9. The van der Waals surface area contributed by atoms with Crippen molar-refractivity contribution in [3.63, 3.8) is 0 Å². The maximum absolute atomic E-state index is 5.56. The molecule has 4 heteroatoms. The van der Waals surface area contributed by atoms with E-state index in [9.17, 15) is 0 Å². The van der Waals surface area contributed by atoms with E-state index in [0.717, 1.165) is 51.9 Å². The van der Waals surface area contributed by atoms with Crippen molar-refractivity contribution in [3.8, 4) is 0 Å². The zero-order valence-electron chi connectivity index (χ0n) is 10.8. The largest absolute Gasteiger partial charge is 0.330 e. The Morgan fingerprint density at radius 3 is 2.00 bits per heavy atom. The second kappa shape index (κ2) is 11.3. The van der Waals surface area contributed by atoms with Gasteiger partial charge in [-0.05, 0) is 64.2 Å². The Balaban J connectivity index is 3.86. The molecule has 0 amide bonds. The van der Waals surface area contributed by atoms with Gasteiger partial charge in [-0.2, -0.15) is 0 Å². The van der Waals surface area contributed by atoms with Crippen LogP contribution in [0.1, 0.15) is 39.0 Å². The highest BCUT2D eigenvalue weighted by Gasteiger charge is 2.15. The zero-order valence-corrected chi connectivity index (χ0v) is 10.8. The molecule has 2 atom stereocenters. The van der Waals surface area contributed by atoms with Crippen LogP contribution >= 0.6 is 0 Å². The summed E-state index contributed by atoms with van der Waals surface area (Å²) in [5, 5.41) is 3.59. The lowest BCUT2D eigenvalue weighted by Crippen LogP contribution is -2.37. The fourth-order valence-electron chi connectivity index (χ4n) is 1.96. The van der Waals surface area contributed by atoms with Gasteiger partial charge in [0, 0.05) is 6.04 Å². The molecule has 0 fully saturated rings. The number of nitrogens with two attached hydrogens (primary N) is 3. The molecule has 0 rings (SSSR count). The molecule has 0 aliphatic carbocycles. The third kappa shape index (κ3) is 8.05. The minimum absolute atomic E-state index is 0.571. The predicted molar refractivity (Wildman–Crippen MR) is 71.2 cm³/mol. The van der Waals surface area contributed by atoms with Crippen LogP contribution in [0.5, 0.6) is 0 Å². The van der Waals surface area contributed by atoms with E-state index in [2.05, 4.69) is 12.2 Å². The molecule has 0 heterocycles. The molecule has 0 bridgehead atoms. The lowest BCUT2D eigenvalue weighted by molar-refractivity contribution is 0.330. The van der Waals surface area contributed by atoms with E-state index >= 15 is 0 Å². The van der Waals surface area contributed by atoms with Crippen molar-refractivity contribution in [1.82, 2.24) is 5.32 Å². The minimum Gasteiger partial charge on any atom is -0.330 e. The second-order valence-corrected chi connectivity index (χ2v) is 4.54. The molecule has 0 saturated carbocycles. The van der Waals surface area contributed by atoms with Gasteiger partial charge in [0.25, 0.3) is 0 Å². The Hall–Kier alpha value is -0.160. The number of nitrogens with one attached hydrogen (secondary N) is 1. The van der Waals surface area contributed by atoms with Crippen LogP contribution < -0.4 is 22.5 Å². The summed E-state index contributed by atoms with van der Waals surface area (Å²) in [6.45, 7) is 5.63. The Morgan fingerprint density at radius 2 is 1.44 bits per heavy atom. The summed E-state index contributed by atoms with van der Waals surface area (Å²) < 4.78 is 0. The first kappa shape index (κ1) is 15.8. The number of hydrogen-bond donors (Lipinski definition) is 4. The van der Waals surface area contributed by atoms with Gasteiger partial charge in [0.15, 0.2) is 0 Å². The molecule has 7 N–H and O–H groups in total. The first-order chi connectivity index (χ1) is 7.76. The van der Waals surface area contributed by atoms with Gasteiger partial charge in [-0.1, -0.05) is 6.92 Å². The van der Waals surface area contributed by atoms with Gasteiger partial charge in [-0.15, -0.1) is 0 Å². The second-order valence-electron chi connectivity index (χ2n) is 4.54. The van der Waals surface area contributed by atoms with Crippen LogP contribution in [0, 0.1) is 5.92 Å². The molecule has 2 unspecified atom stereocenters. The van der Waals surface area contributed by atoms with Crippen molar-refractivity contribution >= 4 is 0 Å². The monoisotopic (exact) mass is 230 g/mol. The van der Waals surface area contributed by atoms with Gasteiger partial charge < -0.3 is 22.5 Å². The number of rotatable bonds is 11. The highest BCUT2D eigenvalue weighted by molar-refractivity contribution is 4.74. The molecule has 4 nitrogen and oxygen atoms in total. The van der Waals surface area contributed by atoms with Gasteiger partial charge >= 0.3 is 0 Å². The van der Waals surface area contributed by atoms with Gasteiger partial charge in [-0.25, -0.2) is 0 Å². The minimum atomic E-state index is 0.571. The molecule has 0 aliphatic heterocycles. The van der Waals surface area contributed by atoms with Crippen molar-refractivity contribution in [3.05, 3.63) is 0 Å². The Labute approximate surface area is 100 Å². The van der Waals surface area contributed by atoms with Crippen LogP contribution in [0.15, 0.2) is 0 Å². The Bertz CT molecular complexity index is 141. The van der Waals surface area contributed by atoms with Crippen molar-refractivity contribution < 1.29 is 0 Å². The van der Waals surface area contributed by atoms with Gasteiger partial charge in [0.1, 0.15) is 0 Å². The van der Waals surface area contributed by atoms with Crippen LogP contribution in [0.25, 0.3) is 0 Å². The lowest BCUT2D eigenvalue weighted by atomic mass is 9.93. The third-order valence-electron chi connectivity index (χ3n) is 3.06. The lowest BCUT2D eigenvalue weighted by Gasteiger charge is -2.25. The summed E-state index contributed by atoms with van der Waals surface area (Å²) in [4.78, 5) is 0. The summed E-state index contributed by atoms with van der Waals surface area (Å²) in [7, 11) is 0. The smallest absolute Gasteiger partial charge is 0.00931 e. The van der Waals surface area contributed by atoms with E-state index < -0.39 is 0 Å². The molecular weight excluding hydrogens is 200 g/mol. The van der Waals surface area contributed by atoms with Gasteiger partial charge in [0.2, 0.25) is 0 Å². The number of hydrogen-bond acceptors (Lipinski definition) is 4. The SMILES string of the molecule is CC(CCCN)C(CCCN)NCCCN. The van der Waals surface area contributed by atoms with Crippen molar-refractivity contribution in [2.45, 2.75) is 45.1 Å². The molecule has 0 aliphatic rings. The molecule has 16 heavy (non-hydrogen) atoms. The van der Waals surface area contributed by atoms with Crippen LogP contribution in [0.3, 0.4) is 0 Å². The van der Waals surface area contributed by atoms with Gasteiger partial charge in [0.05, 0.1) is 0 Å². The fraction of sp³-hybridized carbons (Fsp3) is 1.00. The standard InChI is InChI=1S/C12H30N4/c1-11(5-2-7-13)12(6-3-8-14)16-10-4-9-15/h11-12,16H,2-10,13-15H2,1H3. The van der Waals surface area contributed by atoms with E-state index in [1.54, 1.807) is 0 Å². The topological polar surface area (TPSA) is 90.1 Å². The first-order valence-electron chi connectivity index (χ1n) is 6.59. The summed E-state index contributed by atoms with van der Waals surface area (Å²) >= 11 is 0.